The number of carbonyl (C=O) groups excluding carboxylic acids is 1. The van der Waals surface area contributed by atoms with Crippen LogP contribution in [0.1, 0.15) is 19.4 Å². The molecular weight excluding hydrogens is 290 g/mol. The zero-order chi connectivity index (χ0) is 15.9. The van der Waals surface area contributed by atoms with Crippen molar-refractivity contribution in [1.29, 1.82) is 0 Å². The fourth-order valence-electron chi connectivity index (χ4n) is 1.56. The largest absolute Gasteiger partial charge is 0.353 e. The van der Waals surface area contributed by atoms with E-state index >= 15 is 0 Å². The van der Waals surface area contributed by atoms with Gasteiger partial charge in [0.15, 0.2) is 0 Å². The molecule has 21 heavy (non-hydrogen) atoms. The summed E-state index contributed by atoms with van der Waals surface area (Å²) in [6.45, 7) is 3.41. The molecule has 0 bridgehead atoms. The summed E-state index contributed by atoms with van der Waals surface area (Å²) >= 11 is 0. The van der Waals surface area contributed by atoms with Crippen LogP contribution in [0, 0.1) is 11.8 Å². The summed E-state index contributed by atoms with van der Waals surface area (Å²) in [5.74, 6) is 4.93. The molecule has 0 saturated heterocycles. The SMILES string of the molecule is CC(C)NC(=O)CNS(=O)(=O)c1ccccc1C#CCN. The van der Waals surface area contributed by atoms with E-state index in [4.69, 9.17) is 5.73 Å². The topological polar surface area (TPSA) is 101 Å². The van der Waals surface area contributed by atoms with Crippen LogP contribution in [0.3, 0.4) is 0 Å². The molecule has 1 aromatic rings. The molecule has 4 N–H and O–H groups in total. The van der Waals surface area contributed by atoms with E-state index in [0.717, 1.165) is 0 Å². The molecule has 0 saturated carbocycles. The molecule has 0 spiro atoms. The Morgan fingerprint density at radius 3 is 2.62 bits per heavy atom. The van der Waals surface area contributed by atoms with Crippen molar-refractivity contribution in [3.05, 3.63) is 29.8 Å². The summed E-state index contributed by atoms with van der Waals surface area (Å²) in [7, 11) is -3.81. The van der Waals surface area contributed by atoms with Crippen LogP contribution in [0.2, 0.25) is 0 Å². The van der Waals surface area contributed by atoms with Gasteiger partial charge in [-0.1, -0.05) is 24.0 Å². The van der Waals surface area contributed by atoms with Gasteiger partial charge in [-0.15, -0.1) is 0 Å². The van der Waals surface area contributed by atoms with Gasteiger partial charge in [-0.05, 0) is 26.0 Å². The maximum atomic E-state index is 12.2. The zero-order valence-electron chi connectivity index (χ0n) is 12.0. The lowest BCUT2D eigenvalue weighted by atomic mass is 10.2. The van der Waals surface area contributed by atoms with Crippen LogP contribution < -0.4 is 15.8 Å². The number of nitrogens with two attached hydrogens (primary N) is 1. The van der Waals surface area contributed by atoms with Crippen LogP contribution in [0.5, 0.6) is 0 Å². The molecule has 0 unspecified atom stereocenters. The molecule has 6 nitrogen and oxygen atoms in total. The molecule has 0 aromatic heterocycles. The van der Waals surface area contributed by atoms with Crippen LogP contribution in [-0.2, 0) is 14.8 Å². The maximum absolute atomic E-state index is 12.2. The average Bonchev–Trinajstić information content (AvgIpc) is 2.42. The third kappa shape index (κ3) is 5.55. The fourth-order valence-corrected chi connectivity index (χ4v) is 2.70. The number of nitrogens with one attached hydrogen (secondary N) is 2. The summed E-state index contributed by atoms with van der Waals surface area (Å²) in [4.78, 5) is 11.5. The second-order valence-corrected chi connectivity index (χ2v) is 6.28. The van der Waals surface area contributed by atoms with Crippen molar-refractivity contribution >= 4 is 15.9 Å². The summed E-state index contributed by atoms with van der Waals surface area (Å²) in [5.41, 5.74) is 5.64. The van der Waals surface area contributed by atoms with Gasteiger partial charge in [0.2, 0.25) is 15.9 Å². The highest BCUT2D eigenvalue weighted by molar-refractivity contribution is 7.89. The number of hydrogen-bond donors (Lipinski definition) is 3. The Balaban J connectivity index is 2.91. The van der Waals surface area contributed by atoms with Crippen molar-refractivity contribution in [2.24, 2.45) is 5.73 Å². The molecule has 1 rings (SSSR count). The van der Waals surface area contributed by atoms with E-state index in [2.05, 4.69) is 21.9 Å². The van der Waals surface area contributed by atoms with Crippen molar-refractivity contribution in [2.75, 3.05) is 13.1 Å². The van der Waals surface area contributed by atoms with Crippen molar-refractivity contribution in [2.45, 2.75) is 24.8 Å². The fraction of sp³-hybridized carbons (Fsp3) is 0.357. The molecule has 1 aromatic carbocycles. The van der Waals surface area contributed by atoms with Crippen LogP contribution in [-0.4, -0.2) is 33.5 Å². The van der Waals surface area contributed by atoms with Crippen LogP contribution in [0.4, 0.5) is 0 Å². The van der Waals surface area contributed by atoms with Crippen LogP contribution in [0.15, 0.2) is 29.2 Å². The molecule has 7 heteroatoms. The quantitative estimate of drug-likeness (QED) is 0.656. The van der Waals surface area contributed by atoms with Crippen molar-refractivity contribution in [3.63, 3.8) is 0 Å². The molecule has 114 valence electrons. The molecule has 0 fully saturated rings. The molecule has 0 aliphatic carbocycles. The summed E-state index contributed by atoms with van der Waals surface area (Å²) in [6, 6.07) is 6.25. The first-order valence-electron chi connectivity index (χ1n) is 6.44. The zero-order valence-corrected chi connectivity index (χ0v) is 12.8. The van der Waals surface area contributed by atoms with Gasteiger partial charge in [-0.2, -0.15) is 0 Å². The lowest BCUT2D eigenvalue weighted by Gasteiger charge is -2.10. The summed E-state index contributed by atoms with van der Waals surface area (Å²) in [5, 5.41) is 2.61. The van der Waals surface area contributed by atoms with E-state index < -0.39 is 10.0 Å². The standard InChI is InChI=1S/C14H19N3O3S/c1-11(2)17-14(18)10-16-21(19,20)13-8-4-3-6-12(13)7-5-9-15/h3-4,6,8,11,16H,9-10,15H2,1-2H3,(H,17,18). The lowest BCUT2D eigenvalue weighted by Crippen LogP contribution is -2.39. The van der Waals surface area contributed by atoms with Gasteiger partial charge >= 0.3 is 0 Å². The van der Waals surface area contributed by atoms with Gasteiger partial charge in [-0.25, -0.2) is 13.1 Å². The second kappa shape index (κ2) is 7.78. The van der Waals surface area contributed by atoms with E-state index in [1.165, 1.54) is 6.07 Å². The van der Waals surface area contributed by atoms with Gasteiger partial charge in [0.25, 0.3) is 0 Å². The molecule has 1 amide bonds. The minimum absolute atomic E-state index is 0.0308. The number of rotatable bonds is 5. The predicted octanol–water partition coefficient (Wildman–Crippen LogP) is -0.200. The Labute approximate surface area is 125 Å². The molecule has 0 aliphatic rings. The Bertz CT molecular complexity index is 658. The van der Waals surface area contributed by atoms with Crippen molar-refractivity contribution in [3.8, 4) is 11.8 Å². The summed E-state index contributed by atoms with van der Waals surface area (Å²) in [6.07, 6.45) is 0. The number of hydrogen-bond acceptors (Lipinski definition) is 4. The predicted molar refractivity (Wildman–Crippen MR) is 80.8 cm³/mol. The molecule has 0 heterocycles. The Hall–Kier alpha value is -1.88. The van der Waals surface area contributed by atoms with Crippen LogP contribution >= 0.6 is 0 Å². The molecule has 0 atom stereocenters. The normalized spacial score (nSPS) is 10.9. The van der Waals surface area contributed by atoms with E-state index in [0.29, 0.717) is 5.56 Å². The molecular formula is C14H19N3O3S. The van der Waals surface area contributed by atoms with Gasteiger partial charge in [0, 0.05) is 11.6 Å². The molecule has 0 radical (unpaired) electrons. The number of carbonyl (C=O) groups is 1. The van der Waals surface area contributed by atoms with Gasteiger partial charge < -0.3 is 11.1 Å². The smallest absolute Gasteiger partial charge is 0.242 e. The lowest BCUT2D eigenvalue weighted by molar-refractivity contribution is -0.120. The maximum Gasteiger partial charge on any atom is 0.242 e. The first-order valence-corrected chi connectivity index (χ1v) is 7.92. The van der Waals surface area contributed by atoms with Crippen molar-refractivity contribution in [1.82, 2.24) is 10.0 Å². The Morgan fingerprint density at radius 2 is 2.00 bits per heavy atom. The van der Waals surface area contributed by atoms with Gasteiger partial charge in [-0.3, -0.25) is 4.79 Å². The monoisotopic (exact) mass is 309 g/mol. The molecule has 0 aliphatic heterocycles. The van der Waals surface area contributed by atoms with E-state index in [1.807, 2.05) is 0 Å². The Morgan fingerprint density at radius 1 is 1.33 bits per heavy atom. The third-order valence-corrected chi connectivity index (χ3v) is 3.83. The van der Waals surface area contributed by atoms with Crippen molar-refractivity contribution < 1.29 is 13.2 Å². The highest BCUT2D eigenvalue weighted by atomic mass is 32.2. The Kier molecular flexibility index (Phi) is 6.37. The first-order chi connectivity index (χ1) is 9.86. The highest BCUT2D eigenvalue weighted by Crippen LogP contribution is 2.13. The highest BCUT2D eigenvalue weighted by Gasteiger charge is 2.18. The average molecular weight is 309 g/mol. The van der Waals surface area contributed by atoms with Gasteiger partial charge in [0.05, 0.1) is 18.0 Å². The third-order valence-electron chi connectivity index (χ3n) is 2.37. The first kappa shape index (κ1) is 17.2. The minimum Gasteiger partial charge on any atom is -0.353 e. The van der Waals surface area contributed by atoms with E-state index in [9.17, 15) is 13.2 Å². The van der Waals surface area contributed by atoms with E-state index in [-0.39, 0.29) is 29.9 Å². The summed E-state index contributed by atoms with van der Waals surface area (Å²) < 4.78 is 26.7. The van der Waals surface area contributed by atoms with E-state index in [1.54, 1.807) is 32.0 Å². The number of benzene rings is 1. The van der Waals surface area contributed by atoms with Gasteiger partial charge in [0.1, 0.15) is 0 Å². The minimum atomic E-state index is -3.81. The number of amides is 1. The van der Waals surface area contributed by atoms with Crippen LogP contribution in [0.25, 0.3) is 0 Å². The second-order valence-electron chi connectivity index (χ2n) is 4.55. The number of sulfonamides is 1.